The number of aliphatic hydroxyl groups is 1. The van der Waals surface area contributed by atoms with Gasteiger partial charge in [0.1, 0.15) is 0 Å². The summed E-state index contributed by atoms with van der Waals surface area (Å²) in [6.07, 6.45) is 3.77. The first kappa shape index (κ1) is 16.6. The van der Waals surface area contributed by atoms with Crippen LogP contribution in [0.25, 0.3) is 0 Å². The van der Waals surface area contributed by atoms with E-state index in [9.17, 15) is 9.90 Å². The summed E-state index contributed by atoms with van der Waals surface area (Å²) in [6, 6.07) is 5.44. The smallest absolute Gasteiger partial charge is 0.321 e. The van der Waals surface area contributed by atoms with Crippen molar-refractivity contribution < 1.29 is 9.90 Å². The number of nitrogens with one attached hydrogen (secondary N) is 1. The highest BCUT2D eigenvalue weighted by Crippen LogP contribution is 2.44. The van der Waals surface area contributed by atoms with Gasteiger partial charge < -0.3 is 15.3 Å². The van der Waals surface area contributed by atoms with E-state index in [1.54, 1.807) is 6.07 Å². The maximum Gasteiger partial charge on any atom is 0.321 e. The van der Waals surface area contributed by atoms with Gasteiger partial charge in [-0.25, -0.2) is 4.79 Å². The second kappa shape index (κ2) is 6.33. The maximum absolute atomic E-state index is 12.5. The molecule has 1 aromatic rings. The summed E-state index contributed by atoms with van der Waals surface area (Å²) >= 11 is 6.11. The molecule has 2 aliphatic rings. The number of anilines is 1. The summed E-state index contributed by atoms with van der Waals surface area (Å²) in [5.41, 5.74) is 1.10. The number of carbonyl (C=O) groups excluding carboxylic acids is 1. The number of carbonyl (C=O) groups is 1. The Morgan fingerprint density at radius 2 is 2.26 bits per heavy atom. The first-order chi connectivity index (χ1) is 10.9. The third-order valence-corrected chi connectivity index (χ3v) is 6.05. The van der Waals surface area contributed by atoms with Gasteiger partial charge >= 0.3 is 6.03 Å². The van der Waals surface area contributed by atoms with Crippen molar-refractivity contribution in [3.05, 3.63) is 28.8 Å². The molecular formula is C18H25ClN2O2. The molecule has 1 aromatic carbocycles. The molecule has 1 saturated carbocycles. The van der Waals surface area contributed by atoms with Gasteiger partial charge in [0.15, 0.2) is 0 Å². The Morgan fingerprint density at radius 3 is 2.96 bits per heavy atom. The molecule has 1 heterocycles. The number of amides is 2. The Bertz CT molecular complexity index is 607. The molecule has 3 atom stereocenters. The van der Waals surface area contributed by atoms with Crippen LogP contribution in [0.4, 0.5) is 10.5 Å². The minimum Gasteiger partial charge on any atom is -0.390 e. The zero-order valence-electron chi connectivity index (χ0n) is 13.8. The Balaban J connectivity index is 1.68. The highest BCUT2D eigenvalue weighted by atomic mass is 35.5. The number of hydrogen-bond donors (Lipinski definition) is 2. The summed E-state index contributed by atoms with van der Waals surface area (Å²) < 4.78 is 0. The summed E-state index contributed by atoms with van der Waals surface area (Å²) in [6.45, 7) is 5.35. The fourth-order valence-electron chi connectivity index (χ4n) is 4.11. The molecule has 126 valence electrons. The van der Waals surface area contributed by atoms with Crippen molar-refractivity contribution in [2.75, 3.05) is 18.4 Å². The molecule has 5 heteroatoms. The van der Waals surface area contributed by atoms with Gasteiger partial charge in [-0.05, 0) is 49.8 Å². The van der Waals surface area contributed by atoms with Crippen LogP contribution in [-0.4, -0.2) is 34.7 Å². The van der Waals surface area contributed by atoms with Crippen molar-refractivity contribution in [2.24, 2.45) is 11.8 Å². The number of benzene rings is 1. The third kappa shape index (κ3) is 3.20. The number of hydrogen-bond acceptors (Lipinski definition) is 2. The highest BCUT2D eigenvalue weighted by molar-refractivity contribution is 6.31. The first-order valence-electron chi connectivity index (χ1n) is 8.47. The molecule has 1 aliphatic heterocycles. The lowest BCUT2D eigenvalue weighted by molar-refractivity contribution is -0.0607. The summed E-state index contributed by atoms with van der Waals surface area (Å²) in [4.78, 5) is 14.4. The Hall–Kier alpha value is -1.26. The number of halogens is 1. The number of urea groups is 1. The second-order valence-electron chi connectivity index (χ2n) is 7.02. The summed E-state index contributed by atoms with van der Waals surface area (Å²) in [7, 11) is 0. The first-order valence-corrected chi connectivity index (χ1v) is 8.85. The molecule has 0 spiro atoms. The number of rotatable bonds is 2. The molecular weight excluding hydrogens is 312 g/mol. The van der Waals surface area contributed by atoms with Crippen LogP contribution in [0, 0.1) is 18.8 Å². The van der Waals surface area contributed by atoms with Crippen molar-refractivity contribution in [1.29, 1.82) is 0 Å². The van der Waals surface area contributed by atoms with Crippen LogP contribution in [0.2, 0.25) is 5.02 Å². The second-order valence-corrected chi connectivity index (χ2v) is 7.42. The Labute approximate surface area is 142 Å². The fourth-order valence-corrected chi connectivity index (χ4v) is 4.29. The minimum absolute atomic E-state index is 0.0993. The number of likely N-dealkylation sites (tertiary alicyclic amines) is 1. The van der Waals surface area contributed by atoms with Gasteiger partial charge in [-0.15, -0.1) is 0 Å². The van der Waals surface area contributed by atoms with E-state index >= 15 is 0 Å². The zero-order chi connectivity index (χ0) is 16.6. The van der Waals surface area contributed by atoms with Crippen LogP contribution >= 0.6 is 11.6 Å². The molecule has 0 radical (unpaired) electrons. The highest BCUT2D eigenvalue weighted by Gasteiger charge is 2.48. The van der Waals surface area contributed by atoms with Gasteiger partial charge in [-0.3, -0.25) is 0 Å². The van der Waals surface area contributed by atoms with Crippen molar-refractivity contribution in [3.8, 4) is 0 Å². The molecule has 3 rings (SSSR count). The van der Waals surface area contributed by atoms with Crippen molar-refractivity contribution in [1.82, 2.24) is 4.90 Å². The van der Waals surface area contributed by atoms with Gasteiger partial charge in [0.25, 0.3) is 0 Å². The van der Waals surface area contributed by atoms with Gasteiger partial charge in [-0.1, -0.05) is 31.0 Å². The van der Waals surface area contributed by atoms with Gasteiger partial charge in [-0.2, -0.15) is 0 Å². The van der Waals surface area contributed by atoms with Gasteiger partial charge in [0, 0.05) is 29.7 Å². The predicted molar refractivity (Wildman–Crippen MR) is 92.9 cm³/mol. The normalized spacial score (nSPS) is 30.2. The van der Waals surface area contributed by atoms with E-state index in [4.69, 9.17) is 11.6 Å². The molecule has 1 saturated heterocycles. The van der Waals surface area contributed by atoms with Crippen LogP contribution in [0.5, 0.6) is 0 Å². The maximum atomic E-state index is 12.5. The summed E-state index contributed by atoms with van der Waals surface area (Å²) in [5, 5.41) is 14.4. The van der Waals surface area contributed by atoms with E-state index in [1.807, 2.05) is 30.9 Å². The minimum atomic E-state index is -0.606. The lowest BCUT2D eigenvalue weighted by Crippen LogP contribution is -2.44. The lowest BCUT2D eigenvalue weighted by Gasteiger charge is -2.40. The largest absolute Gasteiger partial charge is 0.390 e. The van der Waals surface area contributed by atoms with Gasteiger partial charge in [0.2, 0.25) is 0 Å². The molecule has 0 unspecified atom stereocenters. The van der Waals surface area contributed by atoms with E-state index in [0.717, 1.165) is 37.8 Å². The molecule has 2 N–H and O–H groups in total. The average Bonchev–Trinajstić information content (AvgIpc) is 2.97. The van der Waals surface area contributed by atoms with Crippen molar-refractivity contribution in [2.45, 2.75) is 45.1 Å². The van der Waals surface area contributed by atoms with E-state index in [2.05, 4.69) is 5.32 Å². The van der Waals surface area contributed by atoms with Crippen LogP contribution in [0.3, 0.4) is 0 Å². The number of aryl methyl sites for hydroxylation is 1. The molecule has 0 aromatic heterocycles. The standard InChI is InChI=1S/C18H25ClN2O2/c1-3-18(23)8-4-5-13-10-21(11-15(13)18)17(22)20-14-7-6-12(2)16(19)9-14/h6-7,9,13,15,23H,3-5,8,10-11H2,1-2H3,(H,20,22)/t13-,15+,18-/m1/s1. The average molecular weight is 337 g/mol. The monoisotopic (exact) mass is 336 g/mol. The number of fused-ring (bicyclic) bond motifs is 1. The molecule has 2 amide bonds. The zero-order valence-corrected chi connectivity index (χ0v) is 14.6. The predicted octanol–water partition coefficient (Wildman–Crippen LogP) is 4.05. The molecule has 2 fully saturated rings. The molecule has 0 bridgehead atoms. The Morgan fingerprint density at radius 1 is 1.48 bits per heavy atom. The van der Waals surface area contributed by atoms with Crippen LogP contribution < -0.4 is 5.32 Å². The summed E-state index contributed by atoms with van der Waals surface area (Å²) in [5.74, 6) is 0.620. The quantitative estimate of drug-likeness (QED) is 0.856. The van der Waals surface area contributed by atoms with E-state index in [-0.39, 0.29) is 11.9 Å². The van der Waals surface area contributed by atoms with Gasteiger partial charge in [0.05, 0.1) is 5.60 Å². The topological polar surface area (TPSA) is 52.6 Å². The van der Waals surface area contributed by atoms with Crippen LogP contribution in [-0.2, 0) is 0 Å². The van der Waals surface area contributed by atoms with E-state index in [1.165, 1.54) is 0 Å². The molecule has 1 aliphatic carbocycles. The fraction of sp³-hybridized carbons (Fsp3) is 0.611. The third-order valence-electron chi connectivity index (χ3n) is 5.64. The lowest BCUT2D eigenvalue weighted by atomic mass is 9.69. The molecule has 23 heavy (non-hydrogen) atoms. The van der Waals surface area contributed by atoms with E-state index in [0.29, 0.717) is 23.2 Å². The van der Waals surface area contributed by atoms with Crippen LogP contribution in [0.1, 0.15) is 38.2 Å². The SMILES string of the molecule is CC[C@@]1(O)CCC[C@@H]2CN(C(=O)Nc3ccc(C)c(Cl)c3)C[C@@H]21. The molecule has 4 nitrogen and oxygen atoms in total. The van der Waals surface area contributed by atoms with Crippen molar-refractivity contribution >= 4 is 23.3 Å². The van der Waals surface area contributed by atoms with E-state index < -0.39 is 5.60 Å². The number of nitrogens with zero attached hydrogens (tertiary/aromatic N) is 1. The Kier molecular flexibility index (Phi) is 4.56. The van der Waals surface area contributed by atoms with Crippen molar-refractivity contribution in [3.63, 3.8) is 0 Å². The van der Waals surface area contributed by atoms with Crippen LogP contribution in [0.15, 0.2) is 18.2 Å².